The molecule has 1 saturated heterocycles. The minimum absolute atomic E-state index is 0.151. The second-order valence-corrected chi connectivity index (χ2v) is 8.39. The Labute approximate surface area is 152 Å². The number of carbonyl (C=O) groups excluding carboxylic acids is 1. The van der Waals surface area contributed by atoms with E-state index >= 15 is 0 Å². The lowest BCUT2D eigenvalue weighted by atomic mass is 9.99. The van der Waals surface area contributed by atoms with Gasteiger partial charge in [-0.15, -0.1) is 0 Å². The number of nitrogens with one attached hydrogen (secondary N) is 1. The topological polar surface area (TPSA) is 66.5 Å². The van der Waals surface area contributed by atoms with Crippen LogP contribution in [0.2, 0.25) is 5.02 Å². The van der Waals surface area contributed by atoms with Gasteiger partial charge in [-0.1, -0.05) is 29.8 Å². The van der Waals surface area contributed by atoms with Crippen LogP contribution in [0, 0.1) is 5.92 Å². The monoisotopic (exact) mass is 378 g/mol. The summed E-state index contributed by atoms with van der Waals surface area (Å²) in [5, 5.41) is 3.34. The second kappa shape index (κ2) is 7.56. The van der Waals surface area contributed by atoms with Crippen LogP contribution in [0.3, 0.4) is 0 Å². The van der Waals surface area contributed by atoms with Gasteiger partial charge < -0.3 is 5.32 Å². The van der Waals surface area contributed by atoms with E-state index in [0.29, 0.717) is 30.1 Å². The van der Waals surface area contributed by atoms with Gasteiger partial charge in [0.15, 0.2) is 0 Å². The largest absolute Gasteiger partial charge is 0.326 e. The average molecular weight is 379 g/mol. The fraction of sp³-hybridized carbons (Fsp3) is 0.278. The van der Waals surface area contributed by atoms with Gasteiger partial charge >= 0.3 is 0 Å². The molecule has 0 bridgehead atoms. The molecule has 0 aliphatic carbocycles. The molecular formula is C18H19ClN2O3S. The van der Waals surface area contributed by atoms with Crippen LogP contribution in [0.4, 0.5) is 5.69 Å². The predicted molar refractivity (Wildman–Crippen MR) is 98.0 cm³/mol. The second-order valence-electron chi connectivity index (χ2n) is 6.01. The molecule has 25 heavy (non-hydrogen) atoms. The Hall–Kier alpha value is -1.89. The summed E-state index contributed by atoms with van der Waals surface area (Å²) in [4.78, 5) is 12.7. The summed E-state index contributed by atoms with van der Waals surface area (Å²) in [5.41, 5.74) is 0.713. The Bertz CT molecular complexity index is 838. The number of benzene rings is 2. The maximum absolute atomic E-state index is 12.8. The van der Waals surface area contributed by atoms with Crippen LogP contribution in [0.25, 0.3) is 0 Å². The average Bonchev–Trinajstić information content (AvgIpc) is 2.63. The number of carbonyl (C=O) groups is 1. The molecule has 7 heteroatoms. The first-order valence-corrected chi connectivity index (χ1v) is 9.90. The van der Waals surface area contributed by atoms with Crippen LogP contribution in [-0.2, 0) is 14.8 Å². The van der Waals surface area contributed by atoms with Crippen LogP contribution in [-0.4, -0.2) is 31.7 Å². The lowest BCUT2D eigenvalue weighted by Crippen LogP contribution is -2.43. The van der Waals surface area contributed by atoms with Gasteiger partial charge in [-0.3, -0.25) is 4.79 Å². The molecule has 0 radical (unpaired) electrons. The third kappa shape index (κ3) is 4.21. The number of amides is 1. The molecule has 1 aliphatic rings. The fourth-order valence-electron chi connectivity index (χ4n) is 2.90. The molecule has 1 N–H and O–H groups in total. The first-order valence-electron chi connectivity index (χ1n) is 8.08. The van der Waals surface area contributed by atoms with E-state index in [0.717, 1.165) is 0 Å². The van der Waals surface area contributed by atoms with Crippen LogP contribution in [0.1, 0.15) is 12.8 Å². The Morgan fingerprint density at radius 3 is 2.44 bits per heavy atom. The highest BCUT2D eigenvalue weighted by Gasteiger charge is 2.33. The van der Waals surface area contributed by atoms with Crippen molar-refractivity contribution in [2.45, 2.75) is 17.7 Å². The van der Waals surface area contributed by atoms with Crippen molar-refractivity contribution in [2.24, 2.45) is 5.92 Å². The molecule has 1 atom stereocenters. The molecule has 1 aliphatic heterocycles. The van der Waals surface area contributed by atoms with E-state index in [2.05, 4.69) is 5.32 Å². The molecule has 0 unspecified atom stereocenters. The zero-order chi connectivity index (χ0) is 17.9. The van der Waals surface area contributed by atoms with Crippen molar-refractivity contribution in [3.63, 3.8) is 0 Å². The van der Waals surface area contributed by atoms with E-state index < -0.39 is 10.0 Å². The van der Waals surface area contributed by atoms with Crippen molar-refractivity contribution in [1.82, 2.24) is 4.31 Å². The molecule has 5 nitrogen and oxygen atoms in total. The quantitative estimate of drug-likeness (QED) is 0.886. The zero-order valence-electron chi connectivity index (χ0n) is 13.6. The summed E-state index contributed by atoms with van der Waals surface area (Å²) in [6, 6.07) is 15.3. The van der Waals surface area contributed by atoms with Gasteiger partial charge in [0.05, 0.1) is 10.8 Å². The van der Waals surface area contributed by atoms with Crippen molar-refractivity contribution >= 4 is 33.2 Å². The van der Waals surface area contributed by atoms with Crippen molar-refractivity contribution in [3.8, 4) is 0 Å². The molecular weight excluding hydrogens is 360 g/mol. The Kier molecular flexibility index (Phi) is 5.42. The highest BCUT2D eigenvalue weighted by atomic mass is 35.5. The van der Waals surface area contributed by atoms with E-state index in [1.807, 2.05) is 30.3 Å². The highest BCUT2D eigenvalue weighted by Crippen LogP contribution is 2.25. The zero-order valence-corrected chi connectivity index (χ0v) is 15.1. The Balaban J connectivity index is 1.72. The van der Waals surface area contributed by atoms with Crippen LogP contribution in [0.5, 0.6) is 0 Å². The molecule has 0 spiro atoms. The number of hydrogen-bond donors (Lipinski definition) is 1. The molecule has 3 rings (SSSR count). The number of hydrogen-bond acceptors (Lipinski definition) is 3. The Morgan fingerprint density at radius 1 is 1.08 bits per heavy atom. The summed E-state index contributed by atoms with van der Waals surface area (Å²) < 4.78 is 26.9. The number of piperidine rings is 1. The number of anilines is 1. The number of nitrogens with zero attached hydrogens (tertiary/aromatic N) is 1. The van der Waals surface area contributed by atoms with Gasteiger partial charge in [0.1, 0.15) is 0 Å². The summed E-state index contributed by atoms with van der Waals surface area (Å²) in [7, 11) is -3.62. The van der Waals surface area contributed by atoms with Gasteiger partial charge in [0.25, 0.3) is 0 Å². The van der Waals surface area contributed by atoms with Gasteiger partial charge in [-0.25, -0.2) is 8.42 Å². The first kappa shape index (κ1) is 17.9. The highest BCUT2D eigenvalue weighted by molar-refractivity contribution is 7.89. The summed E-state index contributed by atoms with van der Waals surface area (Å²) in [6.45, 7) is 0.601. The van der Waals surface area contributed by atoms with E-state index in [1.165, 1.54) is 16.4 Å². The maximum Gasteiger partial charge on any atom is 0.243 e. The molecule has 1 amide bonds. The first-order chi connectivity index (χ1) is 12.0. The van der Waals surface area contributed by atoms with Gasteiger partial charge in [0, 0.05) is 23.8 Å². The minimum atomic E-state index is -3.62. The number of sulfonamides is 1. The van der Waals surface area contributed by atoms with Gasteiger partial charge in [0.2, 0.25) is 15.9 Å². The van der Waals surface area contributed by atoms with E-state index in [1.54, 1.807) is 12.1 Å². The van der Waals surface area contributed by atoms with Crippen molar-refractivity contribution < 1.29 is 13.2 Å². The minimum Gasteiger partial charge on any atom is -0.326 e. The summed E-state index contributed by atoms with van der Waals surface area (Å²) in [6.07, 6.45) is 1.32. The van der Waals surface area contributed by atoms with E-state index in [4.69, 9.17) is 11.6 Å². The molecule has 2 aromatic carbocycles. The standard InChI is InChI=1S/C18H19ClN2O3S/c19-15-8-10-17(11-9-15)25(23,24)21-12-4-5-14(13-21)18(22)20-16-6-2-1-3-7-16/h1-3,6-11,14H,4-5,12-13H2,(H,20,22)/t14-/m0/s1. The van der Waals surface area contributed by atoms with Crippen molar-refractivity contribution in [2.75, 3.05) is 18.4 Å². The number of para-hydroxylation sites is 1. The van der Waals surface area contributed by atoms with Crippen LogP contribution in [0.15, 0.2) is 59.5 Å². The van der Waals surface area contributed by atoms with Gasteiger partial charge in [-0.2, -0.15) is 4.31 Å². The lowest BCUT2D eigenvalue weighted by molar-refractivity contribution is -0.120. The number of rotatable bonds is 4. The molecule has 1 heterocycles. The van der Waals surface area contributed by atoms with E-state index in [-0.39, 0.29) is 23.3 Å². The third-order valence-electron chi connectivity index (χ3n) is 4.25. The molecule has 0 saturated carbocycles. The molecule has 1 fully saturated rings. The van der Waals surface area contributed by atoms with Crippen LogP contribution >= 0.6 is 11.6 Å². The lowest BCUT2D eigenvalue weighted by Gasteiger charge is -2.31. The summed E-state index contributed by atoms with van der Waals surface area (Å²) >= 11 is 5.83. The normalized spacial score (nSPS) is 18.7. The van der Waals surface area contributed by atoms with Gasteiger partial charge in [-0.05, 0) is 49.2 Å². The fourth-order valence-corrected chi connectivity index (χ4v) is 4.55. The molecule has 0 aromatic heterocycles. The molecule has 2 aromatic rings. The predicted octanol–water partition coefficient (Wildman–Crippen LogP) is 3.38. The smallest absolute Gasteiger partial charge is 0.243 e. The van der Waals surface area contributed by atoms with Crippen molar-refractivity contribution in [1.29, 1.82) is 0 Å². The van der Waals surface area contributed by atoms with Crippen LogP contribution < -0.4 is 5.32 Å². The Morgan fingerprint density at radius 2 is 1.76 bits per heavy atom. The maximum atomic E-state index is 12.8. The SMILES string of the molecule is O=C(Nc1ccccc1)[C@H]1CCCN(S(=O)(=O)c2ccc(Cl)cc2)C1. The van der Waals surface area contributed by atoms with Crippen molar-refractivity contribution in [3.05, 3.63) is 59.6 Å². The third-order valence-corrected chi connectivity index (χ3v) is 6.38. The van der Waals surface area contributed by atoms with E-state index in [9.17, 15) is 13.2 Å². The molecule has 132 valence electrons. The summed E-state index contributed by atoms with van der Waals surface area (Å²) in [5.74, 6) is -0.516. The number of halogens is 1.